The molecule has 2 aliphatic rings. The van der Waals surface area contributed by atoms with Crippen molar-refractivity contribution in [3.63, 3.8) is 0 Å². The molecule has 2 aliphatic heterocycles. The monoisotopic (exact) mass is 466 g/mol. The SMILES string of the molecule is N#Cc1ccc(S(=O)(=O)N2CCC(C(=O)Nc3cccc(CN4CCCC4=O)c3)CC2)cc1. The fraction of sp³-hybridized carbons (Fsp3) is 0.375. The summed E-state index contributed by atoms with van der Waals surface area (Å²) in [7, 11) is -3.66. The van der Waals surface area contributed by atoms with Crippen molar-refractivity contribution in [2.45, 2.75) is 37.1 Å². The summed E-state index contributed by atoms with van der Waals surface area (Å²) in [6.45, 7) is 1.82. The molecule has 0 aromatic heterocycles. The maximum atomic E-state index is 12.9. The molecule has 2 heterocycles. The smallest absolute Gasteiger partial charge is 0.243 e. The number of sulfonamides is 1. The summed E-state index contributed by atoms with van der Waals surface area (Å²) in [5.41, 5.74) is 2.04. The number of rotatable bonds is 6. The van der Waals surface area contributed by atoms with E-state index >= 15 is 0 Å². The van der Waals surface area contributed by atoms with Gasteiger partial charge >= 0.3 is 0 Å². The number of piperidine rings is 1. The van der Waals surface area contributed by atoms with Gasteiger partial charge in [0.15, 0.2) is 0 Å². The molecular formula is C24H26N4O4S. The molecule has 9 heteroatoms. The number of amides is 2. The lowest BCUT2D eigenvalue weighted by Gasteiger charge is -2.30. The van der Waals surface area contributed by atoms with Crippen LogP contribution in [0.5, 0.6) is 0 Å². The Morgan fingerprint density at radius 3 is 2.45 bits per heavy atom. The summed E-state index contributed by atoms with van der Waals surface area (Å²) in [4.78, 5) is 26.6. The fourth-order valence-electron chi connectivity index (χ4n) is 4.29. The average molecular weight is 467 g/mol. The highest BCUT2D eigenvalue weighted by Crippen LogP contribution is 2.25. The Labute approximate surface area is 193 Å². The van der Waals surface area contributed by atoms with Crippen molar-refractivity contribution in [2.24, 2.45) is 5.92 Å². The maximum Gasteiger partial charge on any atom is 0.243 e. The second-order valence-electron chi connectivity index (χ2n) is 8.42. The van der Waals surface area contributed by atoms with Gasteiger partial charge in [-0.25, -0.2) is 8.42 Å². The first-order chi connectivity index (χ1) is 15.9. The predicted octanol–water partition coefficient (Wildman–Crippen LogP) is 2.72. The summed E-state index contributed by atoms with van der Waals surface area (Å²) in [6.07, 6.45) is 2.34. The molecule has 2 aromatic rings. The molecule has 0 spiro atoms. The normalized spacial score (nSPS) is 17.7. The first kappa shape index (κ1) is 23.0. The summed E-state index contributed by atoms with van der Waals surface area (Å²) >= 11 is 0. The minimum atomic E-state index is -3.66. The van der Waals surface area contributed by atoms with Gasteiger partial charge in [0.1, 0.15) is 0 Å². The van der Waals surface area contributed by atoms with Gasteiger partial charge < -0.3 is 10.2 Å². The maximum absolute atomic E-state index is 12.9. The summed E-state index contributed by atoms with van der Waals surface area (Å²) in [6, 6.07) is 15.3. The van der Waals surface area contributed by atoms with E-state index in [2.05, 4.69) is 5.32 Å². The van der Waals surface area contributed by atoms with E-state index < -0.39 is 10.0 Å². The van der Waals surface area contributed by atoms with Gasteiger partial charge in [-0.3, -0.25) is 9.59 Å². The van der Waals surface area contributed by atoms with Crippen LogP contribution >= 0.6 is 0 Å². The molecule has 2 fully saturated rings. The van der Waals surface area contributed by atoms with Crippen molar-refractivity contribution in [2.75, 3.05) is 25.0 Å². The van der Waals surface area contributed by atoms with Crippen LogP contribution in [-0.4, -0.2) is 49.1 Å². The Hall–Kier alpha value is -3.22. The number of nitriles is 1. The van der Waals surface area contributed by atoms with Crippen molar-refractivity contribution in [1.29, 1.82) is 5.26 Å². The van der Waals surface area contributed by atoms with Crippen molar-refractivity contribution in [3.8, 4) is 6.07 Å². The zero-order valence-corrected chi connectivity index (χ0v) is 19.1. The highest BCUT2D eigenvalue weighted by Gasteiger charge is 2.32. The second-order valence-corrected chi connectivity index (χ2v) is 10.4. The van der Waals surface area contributed by atoms with Gasteiger partial charge in [-0.05, 0) is 61.2 Å². The summed E-state index contributed by atoms with van der Waals surface area (Å²) < 4.78 is 27.1. The van der Waals surface area contributed by atoms with Gasteiger partial charge in [0.05, 0.1) is 16.5 Å². The minimum absolute atomic E-state index is 0.125. The molecule has 2 aromatic carbocycles. The molecule has 0 aliphatic carbocycles. The number of hydrogen-bond donors (Lipinski definition) is 1. The Morgan fingerprint density at radius 2 is 1.82 bits per heavy atom. The zero-order valence-electron chi connectivity index (χ0n) is 18.2. The Bertz CT molecular complexity index is 1180. The van der Waals surface area contributed by atoms with Gasteiger partial charge in [-0.1, -0.05) is 12.1 Å². The molecule has 0 atom stereocenters. The molecule has 8 nitrogen and oxygen atoms in total. The number of benzene rings is 2. The highest BCUT2D eigenvalue weighted by molar-refractivity contribution is 7.89. The molecule has 0 unspecified atom stereocenters. The molecule has 0 radical (unpaired) electrons. The van der Waals surface area contributed by atoms with Crippen LogP contribution in [0.2, 0.25) is 0 Å². The number of likely N-dealkylation sites (tertiary alicyclic amines) is 1. The Balaban J connectivity index is 1.33. The third-order valence-corrected chi connectivity index (χ3v) is 8.10. The van der Waals surface area contributed by atoms with Crippen LogP contribution in [-0.2, 0) is 26.2 Å². The van der Waals surface area contributed by atoms with Crippen molar-refractivity contribution in [1.82, 2.24) is 9.21 Å². The van der Waals surface area contributed by atoms with Crippen LogP contribution in [0, 0.1) is 17.2 Å². The van der Waals surface area contributed by atoms with Gasteiger partial charge in [-0.2, -0.15) is 9.57 Å². The number of anilines is 1. The van der Waals surface area contributed by atoms with Crippen molar-refractivity contribution in [3.05, 3.63) is 59.7 Å². The van der Waals surface area contributed by atoms with Crippen LogP contribution in [0.4, 0.5) is 5.69 Å². The molecule has 0 bridgehead atoms. The standard InChI is InChI=1S/C24H26N4O4S/c25-16-18-6-8-22(9-7-18)33(31,32)28-13-10-20(11-14-28)24(30)26-21-4-1-3-19(15-21)17-27-12-2-5-23(27)29/h1,3-4,6-9,15,20H,2,5,10-14,17H2,(H,26,30). The summed E-state index contributed by atoms with van der Waals surface area (Å²) in [5, 5.41) is 11.8. The molecule has 4 rings (SSSR count). The first-order valence-corrected chi connectivity index (χ1v) is 12.5. The number of nitrogens with zero attached hydrogens (tertiary/aromatic N) is 3. The third-order valence-electron chi connectivity index (χ3n) is 6.19. The number of hydrogen-bond acceptors (Lipinski definition) is 5. The number of carbonyl (C=O) groups is 2. The quantitative estimate of drug-likeness (QED) is 0.704. The van der Waals surface area contributed by atoms with E-state index in [0.29, 0.717) is 37.1 Å². The fourth-order valence-corrected chi connectivity index (χ4v) is 5.76. The second kappa shape index (κ2) is 9.73. The lowest BCUT2D eigenvalue weighted by atomic mass is 9.97. The van der Waals surface area contributed by atoms with E-state index in [1.54, 1.807) is 0 Å². The van der Waals surface area contributed by atoms with E-state index in [0.717, 1.165) is 18.5 Å². The van der Waals surface area contributed by atoms with Crippen LogP contribution in [0.15, 0.2) is 53.4 Å². The van der Waals surface area contributed by atoms with Crippen LogP contribution in [0.25, 0.3) is 0 Å². The van der Waals surface area contributed by atoms with Crippen LogP contribution < -0.4 is 5.32 Å². The molecule has 172 valence electrons. The van der Waals surface area contributed by atoms with E-state index in [-0.39, 0.29) is 35.7 Å². The van der Waals surface area contributed by atoms with Crippen LogP contribution in [0.3, 0.4) is 0 Å². The minimum Gasteiger partial charge on any atom is -0.338 e. The Morgan fingerprint density at radius 1 is 1.09 bits per heavy atom. The van der Waals surface area contributed by atoms with Gasteiger partial charge in [0, 0.05) is 44.2 Å². The molecule has 0 saturated carbocycles. The zero-order chi connectivity index (χ0) is 23.4. The third kappa shape index (κ3) is 5.24. The van der Waals surface area contributed by atoms with E-state index in [1.165, 1.54) is 28.6 Å². The largest absolute Gasteiger partial charge is 0.338 e. The van der Waals surface area contributed by atoms with Gasteiger partial charge in [-0.15, -0.1) is 0 Å². The molecule has 2 saturated heterocycles. The number of carbonyl (C=O) groups excluding carboxylic acids is 2. The molecular weight excluding hydrogens is 440 g/mol. The van der Waals surface area contributed by atoms with E-state index in [4.69, 9.17) is 5.26 Å². The lowest BCUT2D eigenvalue weighted by molar-refractivity contribution is -0.128. The first-order valence-electron chi connectivity index (χ1n) is 11.0. The van der Waals surface area contributed by atoms with Crippen molar-refractivity contribution < 1.29 is 18.0 Å². The molecule has 2 amide bonds. The van der Waals surface area contributed by atoms with Crippen LogP contribution in [0.1, 0.15) is 36.8 Å². The van der Waals surface area contributed by atoms with Crippen molar-refractivity contribution >= 4 is 27.5 Å². The molecule has 33 heavy (non-hydrogen) atoms. The molecule has 1 N–H and O–H groups in total. The summed E-state index contributed by atoms with van der Waals surface area (Å²) in [5.74, 6) is -0.242. The van der Waals surface area contributed by atoms with Gasteiger partial charge in [0.25, 0.3) is 0 Å². The predicted molar refractivity (Wildman–Crippen MR) is 122 cm³/mol. The highest BCUT2D eigenvalue weighted by atomic mass is 32.2. The topological polar surface area (TPSA) is 111 Å². The van der Waals surface area contributed by atoms with E-state index in [1.807, 2.05) is 35.2 Å². The van der Waals surface area contributed by atoms with Gasteiger partial charge in [0.2, 0.25) is 21.8 Å². The number of nitrogens with one attached hydrogen (secondary N) is 1. The Kier molecular flexibility index (Phi) is 6.77. The van der Waals surface area contributed by atoms with E-state index in [9.17, 15) is 18.0 Å². The average Bonchev–Trinajstić information content (AvgIpc) is 3.23. The lowest BCUT2D eigenvalue weighted by Crippen LogP contribution is -2.41.